The first-order chi connectivity index (χ1) is 15.0. The van der Waals surface area contributed by atoms with Gasteiger partial charge in [0.2, 0.25) is 0 Å². The van der Waals surface area contributed by atoms with Gasteiger partial charge in [-0.3, -0.25) is 4.79 Å². The SMILES string of the molecule is COc1cc(/C=N\NC(=O)[C@H](O)c2ccccc2)ccc1OC(=O)c1ccc(Br)cc1. The van der Waals surface area contributed by atoms with E-state index in [2.05, 4.69) is 26.5 Å². The van der Waals surface area contributed by atoms with Crippen molar-refractivity contribution in [3.8, 4) is 11.5 Å². The number of esters is 1. The van der Waals surface area contributed by atoms with Gasteiger partial charge in [-0.05, 0) is 53.6 Å². The van der Waals surface area contributed by atoms with Gasteiger partial charge in [0.15, 0.2) is 17.6 Å². The average Bonchev–Trinajstić information content (AvgIpc) is 2.80. The molecule has 2 N–H and O–H groups in total. The van der Waals surface area contributed by atoms with E-state index in [-0.39, 0.29) is 5.75 Å². The standard InChI is InChI=1S/C23H19BrN2O5/c1-30-20-13-15(14-25-26-22(28)21(27)16-5-3-2-4-6-16)7-12-19(20)31-23(29)17-8-10-18(24)11-9-17/h2-14,21,27H,1H3,(H,26,28)/b25-14-/t21-/m1/s1. The van der Waals surface area contributed by atoms with E-state index in [9.17, 15) is 14.7 Å². The van der Waals surface area contributed by atoms with Crippen molar-refractivity contribution in [2.45, 2.75) is 6.10 Å². The molecule has 0 fully saturated rings. The highest BCUT2D eigenvalue weighted by molar-refractivity contribution is 9.10. The molecule has 0 unspecified atom stereocenters. The van der Waals surface area contributed by atoms with E-state index in [4.69, 9.17) is 9.47 Å². The van der Waals surface area contributed by atoms with Crippen molar-refractivity contribution < 1.29 is 24.2 Å². The number of nitrogens with zero attached hydrogens (tertiary/aromatic N) is 1. The largest absolute Gasteiger partial charge is 0.493 e. The molecule has 0 heterocycles. The lowest BCUT2D eigenvalue weighted by Gasteiger charge is -2.10. The number of benzene rings is 3. The van der Waals surface area contributed by atoms with Crippen molar-refractivity contribution in [3.05, 3.63) is 94.0 Å². The Morgan fingerprint density at radius 1 is 1.03 bits per heavy atom. The fourth-order valence-corrected chi connectivity index (χ4v) is 2.88. The van der Waals surface area contributed by atoms with Crippen LogP contribution in [-0.4, -0.2) is 30.3 Å². The number of methoxy groups -OCH3 is 1. The van der Waals surface area contributed by atoms with Crippen LogP contribution in [0.25, 0.3) is 0 Å². The monoisotopic (exact) mass is 482 g/mol. The third-order valence-corrected chi connectivity index (χ3v) is 4.75. The van der Waals surface area contributed by atoms with Crippen LogP contribution in [0.15, 0.2) is 82.4 Å². The van der Waals surface area contributed by atoms with Crippen molar-refractivity contribution in [1.29, 1.82) is 0 Å². The highest BCUT2D eigenvalue weighted by Crippen LogP contribution is 2.28. The minimum Gasteiger partial charge on any atom is -0.493 e. The molecule has 0 radical (unpaired) electrons. The molecule has 31 heavy (non-hydrogen) atoms. The number of aliphatic hydroxyl groups is 1. The molecule has 1 atom stereocenters. The van der Waals surface area contributed by atoms with E-state index < -0.39 is 18.0 Å². The Morgan fingerprint density at radius 2 is 1.74 bits per heavy atom. The second-order valence-electron chi connectivity index (χ2n) is 6.35. The van der Waals surface area contributed by atoms with E-state index in [1.54, 1.807) is 72.8 Å². The van der Waals surface area contributed by atoms with Gasteiger partial charge in [0, 0.05) is 4.47 Å². The smallest absolute Gasteiger partial charge is 0.343 e. The molecule has 0 saturated heterocycles. The molecule has 1 amide bonds. The zero-order chi connectivity index (χ0) is 22.2. The molecule has 3 rings (SSSR count). The Morgan fingerprint density at radius 3 is 2.42 bits per heavy atom. The van der Waals surface area contributed by atoms with Crippen molar-refractivity contribution in [2.75, 3.05) is 7.11 Å². The average molecular weight is 483 g/mol. The predicted molar refractivity (Wildman–Crippen MR) is 119 cm³/mol. The van der Waals surface area contributed by atoms with Gasteiger partial charge in [0.1, 0.15) is 0 Å². The summed E-state index contributed by atoms with van der Waals surface area (Å²) in [5.41, 5.74) is 3.75. The number of hydrazone groups is 1. The van der Waals surface area contributed by atoms with Gasteiger partial charge in [-0.1, -0.05) is 46.3 Å². The maximum Gasteiger partial charge on any atom is 0.343 e. The van der Waals surface area contributed by atoms with Gasteiger partial charge in [0.25, 0.3) is 5.91 Å². The summed E-state index contributed by atoms with van der Waals surface area (Å²) < 4.78 is 11.6. The first kappa shape index (κ1) is 22.2. The summed E-state index contributed by atoms with van der Waals surface area (Å²) >= 11 is 3.32. The maximum atomic E-state index is 12.3. The normalized spacial score (nSPS) is 11.7. The topological polar surface area (TPSA) is 97.2 Å². The maximum absolute atomic E-state index is 12.3. The molecule has 3 aromatic carbocycles. The first-order valence-corrected chi connectivity index (χ1v) is 9.99. The highest BCUT2D eigenvalue weighted by atomic mass is 79.9. The molecular formula is C23H19BrN2O5. The fraction of sp³-hybridized carbons (Fsp3) is 0.0870. The van der Waals surface area contributed by atoms with Crippen molar-refractivity contribution in [1.82, 2.24) is 5.43 Å². The number of hydrogen-bond acceptors (Lipinski definition) is 6. The van der Waals surface area contributed by atoms with Crippen LogP contribution >= 0.6 is 15.9 Å². The zero-order valence-corrected chi connectivity index (χ0v) is 18.1. The molecule has 0 aliphatic rings. The Balaban J connectivity index is 1.64. The summed E-state index contributed by atoms with van der Waals surface area (Å²) in [7, 11) is 1.45. The van der Waals surface area contributed by atoms with Gasteiger partial charge in [-0.25, -0.2) is 10.2 Å². The number of amides is 1. The lowest BCUT2D eigenvalue weighted by atomic mass is 10.1. The number of carbonyl (C=O) groups is 2. The van der Waals surface area contributed by atoms with Gasteiger partial charge < -0.3 is 14.6 Å². The third-order valence-electron chi connectivity index (χ3n) is 4.22. The number of nitrogens with one attached hydrogen (secondary N) is 1. The molecule has 8 heteroatoms. The zero-order valence-electron chi connectivity index (χ0n) is 16.5. The molecule has 0 saturated carbocycles. The summed E-state index contributed by atoms with van der Waals surface area (Å²) in [4.78, 5) is 24.3. The number of ether oxygens (including phenoxy) is 2. The third kappa shape index (κ3) is 6.00. The van der Waals surface area contributed by atoms with Crippen LogP contribution in [0.1, 0.15) is 27.6 Å². The minimum atomic E-state index is -1.33. The van der Waals surface area contributed by atoms with Crippen molar-refractivity contribution in [2.24, 2.45) is 5.10 Å². The molecule has 0 aromatic heterocycles. The van der Waals surface area contributed by atoms with Crippen LogP contribution in [0, 0.1) is 0 Å². The highest BCUT2D eigenvalue weighted by Gasteiger charge is 2.16. The van der Waals surface area contributed by atoms with Crippen LogP contribution in [0.3, 0.4) is 0 Å². The van der Waals surface area contributed by atoms with E-state index in [0.29, 0.717) is 22.4 Å². The van der Waals surface area contributed by atoms with Gasteiger partial charge >= 0.3 is 5.97 Å². The second kappa shape index (κ2) is 10.5. The van der Waals surface area contributed by atoms with E-state index >= 15 is 0 Å². The summed E-state index contributed by atoms with van der Waals surface area (Å²) in [5.74, 6) is -0.606. The van der Waals surface area contributed by atoms with Crippen molar-refractivity contribution in [3.63, 3.8) is 0 Å². The number of carbonyl (C=O) groups excluding carboxylic acids is 2. The molecule has 3 aromatic rings. The molecule has 7 nitrogen and oxygen atoms in total. The Labute approximate surface area is 187 Å². The van der Waals surface area contributed by atoms with E-state index in [1.165, 1.54) is 13.3 Å². The Bertz CT molecular complexity index is 1080. The van der Waals surface area contributed by atoms with Crippen LogP contribution in [-0.2, 0) is 4.79 Å². The molecular weight excluding hydrogens is 464 g/mol. The van der Waals surface area contributed by atoms with Crippen LogP contribution < -0.4 is 14.9 Å². The molecule has 158 valence electrons. The van der Waals surface area contributed by atoms with E-state index in [0.717, 1.165) is 4.47 Å². The first-order valence-electron chi connectivity index (χ1n) is 9.19. The fourth-order valence-electron chi connectivity index (χ4n) is 2.61. The molecule has 0 aliphatic carbocycles. The lowest BCUT2D eigenvalue weighted by Crippen LogP contribution is -2.25. The summed E-state index contributed by atoms with van der Waals surface area (Å²) in [6.45, 7) is 0. The summed E-state index contributed by atoms with van der Waals surface area (Å²) in [5, 5.41) is 13.9. The predicted octanol–water partition coefficient (Wildman–Crippen LogP) is 3.86. The number of hydrogen-bond donors (Lipinski definition) is 2. The lowest BCUT2D eigenvalue weighted by molar-refractivity contribution is -0.129. The van der Waals surface area contributed by atoms with Gasteiger partial charge in [0.05, 0.1) is 18.9 Å². The summed E-state index contributed by atoms with van der Waals surface area (Å²) in [6.07, 6.45) is 0.0617. The molecule has 0 spiro atoms. The van der Waals surface area contributed by atoms with Crippen LogP contribution in [0.2, 0.25) is 0 Å². The van der Waals surface area contributed by atoms with Crippen LogP contribution in [0.5, 0.6) is 11.5 Å². The second-order valence-corrected chi connectivity index (χ2v) is 7.27. The number of aliphatic hydroxyl groups excluding tert-OH is 1. The Hall–Kier alpha value is -3.49. The molecule has 0 bridgehead atoms. The Kier molecular flexibility index (Phi) is 7.53. The van der Waals surface area contributed by atoms with Crippen LogP contribution in [0.4, 0.5) is 0 Å². The van der Waals surface area contributed by atoms with Gasteiger partial charge in [-0.15, -0.1) is 0 Å². The minimum absolute atomic E-state index is 0.246. The quantitative estimate of drug-likeness (QED) is 0.230. The van der Waals surface area contributed by atoms with E-state index in [1.807, 2.05) is 0 Å². The number of halogens is 1. The summed E-state index contributed by atoms with van der Waals surface area (Å²) in [6, 6.07) is 20.1. The number of rotatable bonds is 7. The molecule has 0 aliphatic heterocycles. The van der Waals surface area contributed by atoms with Gasteiger partial charge in [-0.2, -0.15) is 5.10 Å². The van der Waals surface area contributed by atoms with Crippen molar-refractivity contribution >= 4 is 34.0 Å².